The monoisotopic (exact) mass is 256 g/mol. The van der Waals surface area contributed by atoms with Gasteiger partial charge in [0.1, 0.15) is 5.82 Å². The van der Waals surface area contributed by atoms with E-state index in [9.17, 15) is 0 Å². The lowest BCUT2D eigenvalue weighted by atomic mass is 10.2. The first kappa shape index (κ1) is 10.1. The molecule has 90 valence electrons. The van der Waals surface area contributed by atoms with Gasteiger partial charge in [0.15, 0.2) is 11.5 Å². The number of anilines is 1. The molecule has 0 amide bonds. The van der Waals surface area contributed by atoms with Gasteiger partial charge in [-0.2, -0.15) is 0 Å². The van der Waals surface area contributed by atoms with Crippen LogP contribution in [0.5, 0.6) is 0 Å². The van der Waals surface area contributed by atoms with Crippen LogP contribution < -0.4 is 5.73 Å². The van der Waals surface area contributed by atoms with Crippen LogP contribution >= 0.6 is 11.3 Å². The molecule has 0 fully saturated rings. The number of nitrogens with zero attached hydrogens (tertiary/aromatic N) is 2. The Kier molecular flexibility index (Phi) is 1.99. The Labute approximate surface area is 108 Å². The SMILES string of the molecule is Nc1ccc2[nH]c(-c3cc4c(s3)CCC4)nc2n1. The quantitative estimate of drug-likeness (QED) is 0.703. The molecule has 0 aliphatic heterocycles. The van der Waals surface area contributed by atoms with Crippen LogP contribution in [0.15, 0.2) is 18.2 Å². The molecule has 0 bridgehead atoms. The minimum Gasteiger partial charge on any atom is -0.384 e. The second kappa shape index (κ2) is 3.55. The van der Waals surface area contributed by atoms with Crippen molar-refractivity contribution in [1.29, 1.82) is 0 Å². The van der Waals surface area contributed by atoms with Gasteiger partial charge in [0.2, 0.25) is 0 Å². The van der Waals surface area contributed by atoms with Gasteiger partial charge in [0.05, 0.1) is 10.4 Å². The molecule has 4 nitrogen and oxygen atoms in total. The van der Waals surface area contributed by atoms with E-state index in [-0.39, 0.29) is 0 Å². The summed E-state index contributed by atoms with van der Waals surface area (Å²) in [5.74, 6) is 1.41. The molecule has 3 aromatic heterocycles. The largest absolute Gasteiger partial charge is 0.384 e. The molecule has 5 heteroatoms. The third kappa shape index (κ3) is 1.44. The molecular weight excluding hydrogens is 244 g/mol. The molecule has 1 aliphatic rings. The first-order valence-corrected chi connectivity index (χ1v) is 6.85. The Bertz CT molecular complexity index is 719. The number of fused-ring (bicyclic) bond motifs is 2. The van der Waals surface area contributed by atoms with Crippen LogP contribution in [0.1, 0.15) is 16.9 Å². The van der Waals surface area contributed by atoms with Crippen LogP contribution in [0.2, 0.25) is 0 Å². The molecular formula is C13H12N4S. The number of pyridine rings is 1. The Balaban J connectivity index is 1.85. The van der Waals surface area contributed by atoms with Gasteiger partial charge in [0, 0.05) is 4.88 Å². The molecule has 18 heavy (non-hydrogen) atoms. The van der Waals surface area contributed by atoms with Gasteiger partial charge < -0.3 is 10.7 Å². The number of aryl methyl sites for hydroxylation is 2. The summed E-state index contributed by atoms with van der Waals surface area (Å²) in [5.41, 5.74) is 8.79. The summed E-state index contributed by atoms with van der Waals surface area (Å²) in [7, 11) is 0. The predicted molar refractivity (Wildman–Crippen MR) is 73.6 cm³/mol. The van der Waals surface area contributed by atoms with Gasteiger partial charge in [0.25, 0.3) is 0 Å². The number of imidazole rings is 1. The lowest BCUT2D eigenvalue weighted by Gasteiger charge is -1.89. The maximum Gasteiger partial charge on any atom is 0.180 e. The normalized spacial score (nSPS) is 14.2. The average molecular weight is 256 g/mol. The highest BCUT2D eigenvalue weighted by Gasteiger charge is 2.17. The summed E-state index contributed by atoms with van der Waals surface area (Å²) in [6.45, 7) is 0. The number of rotatable bonds is 1. The van der Waals surface area contributed by atoms with E-state index in [1.807, 2.05) is 17.4 Å². The highest BCUT2D eigenvalue weighted by atomic mass is 32.1. The van der Waals surface area contributed by atoms with Crippen molar-refractivity contribution in [1.82, 2.24) is 15.0 Å². The topological polar surface area (TPSA) is 67.6 Å². The van der Waals surface area contributed by atoms with Gasteiger partial charge in [-0.3, -0.25) is 0 Å². The van der Waals surface area contributed by atoms with Crippen LogP contribution in [-0.4, -0.2) is 15.0 Å². The molecule has 0 atom stereocenters. The second-order valence-electron chi connectivity index (χ2n) is 4.61. The molecule has 0 radical (unpaired) electrons. The number of nitrogens with one attached hydrogen (secondary N) is 1. The summed E-state index contributed by atoms with van der Waals surface area (Å²) in [5, 5.41) is 0. The van der Waals surface area contributed by atoms with E-state index in [0.29, 0.717) is 11.5 Å². The Morgan fingerprint density at radius 2 is 2.17 bits per heavy atom. The highest BCUT2D eigenvalue weighted by Crippen LogP contribution is 2.35. The lowest BCUT2D eigenvalue weighted by molar-refractivity contribution is 0.915. The number of thiophene rings is 1. The zero-order valence-electron chi connectivity index (χ0n) is 9.73. The van der Waals surface area contributed by atoms with Gasteiger partial charge in [-0.1, -0.05) is 0 Å². The van der Waals surface area contributed by atoms with Crippen molar-refractivity contribution in [2.24, 2.45) is 0 Å². The summed E-state index contributed by atoms with van der Waals surface area (Å²) in [6, 6.07) is 5.97. The third-order valence-electron chi connectivity index (χ3n) is 3.35. The third-order valence-corrected chi connectivity index (χ3v) is 4.59. The molecule has 0 aromatic carbocycles. The van der Waals surface area contributed by atoms with E-state index < -0.39 is 0 Å². The first-order chi connectivity index (χ1) is 8.79. The van der Waals surface area contributed by atoms with Gasteiger partial charge >= 0.3 is 0 Å². The molecule has 1 aliphatic carbocycles. The van der Waals surface area contributed by atoms with Crippen molar-refractivity contribution >= 4 is 28.3 Å². The maximum absolute atomic E-state index is 5.67. The second-order valence-corrected chi connectivity index (χ2v) is 5.74. The number of hydrogen-bond donors (Lipinski definition) is 2. The van der Waals surface area contributed by atoms with E-state index >= 15 is 0 Å². The van der Waals surface area contributed by atoms with Gasteiger partial charge in [-0.25, -0.2) is 9.97 Å². The minimum atomic E-state index is 0.509. The van der Waals surface area contributed by atoms with Crippen LogP contribution in [0.4, 0.5) is 5.82 Å². The van der Waals surface area contributed by atoms with Crippen molar-refractivity contribution in [2.75, 3.05) is 5.73 Å². The van der Waals surface area contributed by atoms with Crippen molar-refractivity contribution in [3.8, 4) is 10.7 Å². The van der Waals surface area contributed by atoms with Crippen LogP contribution in [-0.2, 0) is 12.8 Å². The number of nitrogen functional groups attached to an aromatic ring is 1. The van der Waals surface area contributed by atoms with Crippen molar-refractivity contribution in [3.05, 3.63) is 28.6 Å². The highest BCUT2D eigenvalue weighted by molar-refractivity contribution is 7.15. The smallest absolute Gasteiger partial charge is 0.180 e. The fourth-order valence-electron chi connectivity index (χ4n) is 2.47. The minimum absolute atomic E-state index is 0.509. The van der Waals surface area contributed by atoms with Crippen LogP contribution in [0.3, 0.4) is 0 Å². The number of H-pyrrole nitrogens is 1. The Morgan fingerprint density at radius 3 is 3.06 bits per heavy atom. The zero-order chi connectivity index (χ0) is 12.1. The zero-order valence-corrected chi connectivity index (χ0v) is 10.5. The Morgan fingerprint density at radius 1 is 1.22 bits per heavy atom. The standard InChI is InChI=1S/C13H12N4S/c14-11-5-4-8-12(16-11)17-13(15-8)10-6-7-2-1-3-9(7)18-10/h4-6H,1-3H2,(H3,14,15,16,17). The number of aromatic nitrogens is 3. The van der Waals surface area contributed by atoms with Crippen molar-refractivity contribution in [3.63, 3.8) is 0 Å². The summed E-state index contributed by atoms with van der Waals surface area (Å²) >= 11 is 1.84. The van der Waals surface area contributed by atoms with E-state index in [0.717, 1.165) is 11.3 Å². The fraction of sp³-hybridized carbons (Fsp3) is 0.231. The van der Waals surface area contributed by atoms with E-state index in [1.54, 1.807) is 6.07 Å². The van der Waals surface area contributed by atoms with Gasteiger partial charge in [-0.15, -0.1) is 11.3 Å². The molecule has 0 spiro atoms. The van der Waals surface area contributed by atoms with E-state index in [2.05, 4.69) is 21.0 Å². The van der Waals surface area contributed by atoms with Crippen molar-refractivity contribution < 1.29 is 0 Å². The summed E-state index contributed by atoms with van der Waals surface area (Å²) < 4.78 is 0. The lowest BCUT2D eigenvalue weighted by Crippen LogP contribution is -1.88. The molecule has 0 unspecified atom stereocenters. The predicted octanol–water partition coefficient (Wildman–Crippen LogP) is 2.76. The molecule has 3 N–H and O–H groups in total. The molecule has 0 saturated heterocycles. The average Bonchev–Trinajstić information content (AvgIpc) is 2.99. The molecule has 4 rings (SSSR count). The van der Waals surface area contributed by atoms with E-state index in [1.165, 1.54) is 34.6 Å². The van der Waals surface area contributed by atoms with Crippen LogP contribution in [0, 0.1) is 0 Å². The Hall–Kier alpha value is -1.88. The molecule has 3 heterocycles. The maximum atomic E-state index is 5.67. The van der Waals surface area contributed by atoms with Crippen molar-refractivity contribution in [2.45, 2.75) is 19.3 Å². The van der Waals surface area contributed by atoms with Crippen LogP contribution in [0.25, 0.3) is 21.9 Å². The first-order valence-electron chi connectivity index (χ1n) is 6.04. The van der Waals surface area contributed by atoms with E-state index in [4.69, 9.17) is 5.73 Å². The molecule has 3 aromatic rings. The van der Waals surface area contributed by atoms with Gasteiger partial charge in [-0.05, 0) is 43.0 Å². The number of hydrogen-bond acceptors (Lipinski definition) is 4. The molecule has 0 saturated carbocycles. The number of nitrogens with two attached hydrogens (primary N) is 1. The summed E-state index contributed by atoms with van der Waals surface area (Å²) in [6.07, 6.45) is 3.71. The summed E-state index contributed by atoms with van der Waals surface area (Å²) in [4.78, 5) is 14.8. The number of aromatic amines is 1. The fourth-order valence-corrected chi connectivity index (χ4v) is 3.67.